The van der Waals surface area contributed by atoms with Crippen LogP contribution in [0.15, 0.2) is 71.9 Å². The third-order valence-electron chi connectivity index (χ3n) is 4.95. The lowest BCUT2D eigenvalue weighted by Gasteiger charge is -2.12. The van der Waals surface area contributed by atoms with Crippen LogP contribution in [0.4, 0.5) is 5.82 Å². The maximum absolute atomic E-state index is 13.2. The van der Waals surface area contributed by atoms with E-state index in [1.807, 2.05) is 6.92 Å². The van der Waals surface area contributed by atoms with Crippen LogP contribution < -0.4 is 11.1 Å². The van der Waals surface area contributed by atoms with E-state index < -0.39 is 22.0 Å². The van der Waals surface area contributed by atoms with Crippen LogP contribution in [-0.2, 0) is 14.8 Å². The fourth-order valence-electron chi connectivity index (χ4n) is 3.21. The van der Waals surface area contributed by atoms with Gasteiger partial charge in [-0.05, 0) is 50.2 Å². The van der Waals surface area contributed by atoms with Gasteiger partial charge in [0.1, 0.15) is 11.9 Å². The van der Waals surface area contributed by atoms with Crippen molar-refractivity contribution in [3.8, 4) is 11.3 Å². The molecule has 0 bridgehead atoms. The quantitative estimate of drug-likeness (QED) is 0.480. The number of fused-ring (bicyclic) bond motifs is 1. The van der Waals surface area contributed by atoms with Crippen molar-refractivity contribution in [3.05, 3.63) is 72.6 Å². The standard InChI is InChI=1S/C22H21N5O3S/c1-14-6-8-16(9-7-14)31(29,30)27-13-11-18-17(10-12-24-22(18)27)19-4-3-5-20(26-19)25-15(2)21(23)28/h3-13,15H,1-2H3,(H2,23,28)(H,25,26)/t15-/m0/s1. The highest BCUT2D eigenvalue weighted by atomic mass is 32.2. The molecule has 0 aliphatic carbocycles. The van der Waals surface area contributed by atoms with E-state index in [0.717, 1.165) is 11.1 Å². The summed E-state index contributed by atoms with van der Waals surface area (Å²) in [6.07, 6.45) is 3.04. The number of anilines is 1. The molecule has 0 unspecified atom stereocenters. The van der Waals surface area contributed by atoms with E-state index in [1.165, 1.54) is 10.2 Å². The molecule has 0 fully saturated rings. The van der Waals surface area contributed by atoms with Crippen molar-refractivity contribution < 1.29 is 13.2 Å². The van der Waals surface area contributed by atoms with Crippen LogP contribution in [0.2, 0.25) is 0 Å². The van der Waals surface area contributed by atoms with Crippen molar-refractivity contribution in [3.63, 3.8) is 0 Å². The van der Waals surface area contributed by atoms with Gasteiger partial charge in [-0.3, -0.25) is 4.79 Å². The van der Waals surface area contributed by atoms with Crippen LogP contribution >= 0.6 is 0 Å². The van der Waals surface area contributed by atoms with Gasteiger partial charge in [0.25, 0.3) is 10.0 Å². The number of hydrogen-bond acceptors (Lipinski definition) is 6. The first-order valence-electron chi connectivity index (χ1n) is 9.59. The molecule has 0 aliphatic rings. The molecule has 158 valence electrons. The summed E-state index contributed by atoms with van der Waals surface area (Å²) in [5, 5.41) is 3.60. The zero-order valence-corrected chi connectivity index (χ0v) is 17.8. The Balaban J connectivity index is 1.78. The molecule has 8 nitrogen and oxygen atoms in total. The van der Waals surface area contributed by atoms with E-state index in [9.17, 15) is 13.2 Å². The minimum Gasteiger partial charge on any atom is -0.368 e. The molecular formula is C22H21N5O3S. The number of amides is 1. The number of benzene rings is 1. The Morgan fingerprint density at radius 2 is 1.84 bits per heavy atom. The number of primary amides is 1. The topological polar surface area (TPSA) is 120 Å². The molecule has 1 aromatic carbocycles. The lowest BCUT2D eigenvalue weighted by Crippen LogP contribution is -2.32. The van der Waals surface area contributed by atoms with Crippen molar-refractivity contribution in [2.75, 3.05) is 5.32 Å². The average Bonchev–Trinajstić information content (AvgIpc) is 3.19. The van der Waals surface area contributed by atoms with Gasteiger partial charge in [-0.15, -0.1) is 0 Å². The van der Waals surface area contributed by atoms with Gasteiger partial charge >= 0.3 is 0 Å². The lowest BCUT2D eigenvalue weighted by molar-refractivity contribution is -0.118. The van der Waals surface area contributed by atoms with Crippen LogP contribution in [0.3, 0.4) is 0 Å². The Kier molecular flexibility index (Phi) is 5.20. The predicted molar refractivity (Wildman–Crippen MR) is 119 cm³/mol. The third-order valence-corrected chi connectivity index (χ3v) is 6.63. The van der Waals surface area contributed by atoms with E-state index in [1.54, 1.807) is 67.7 Å². The number of aromatic nitrogens is 3. The number of nitrogens with two attached hydrogens (primary N) is 1. The summed E-state index contributed by atoms with van der Waals surface area (Å²) in [6, 6.07) is 14.9. The van der Waals surface area contributed by atoms with Gasteiger partial charge in [-0.25, -0.2) is 22.4 Å². The Bertz CT molecular complexity index is 1380. The molecule has 3 N–H and O–H groups in total. The molecule has 4 rings (SSSR count). The third kappa shape index (κ3) is 3.87. The lowest BCUT2D eigenvalue weighted by atomic mass is 10.1. The zero-order valence-electron chi connectivity index (χ0n) is 17.0. The molecule has 1 amide bonds. The van der Waals surface area contributed by atoms with Crippen LogP contribution in [-0.4, -0.2) is 34.3 Å². The molecule has 4 aromatic rings. The largest absolute Gasteiger partial charge is 0.368 e. The average molecular weight is 436 g/mol. The SMILES string of the molecule is Cc1ccc(S(=O)(=O)n2ccc3c(-c4cccc(N[C@@H](C)C(N)=O)n4)ccnc32)cc1. The van der Waals surface area contributed by atoms with E-state index >= 15 is 0 Å². The number of pyridine rings is 2. The fourth-order valence-corrected chi connectivity index (χ4v) is 4.52. The van der Waals surface area contributed by atoms with Crippen molar-refractivity contribution in [2.45, 2.75) is 24.8 Å². The summed E-state index contributed by atoms with van der Waals surface area (Å²) in [6.45, 7) is 3.55. The van der Waals surface area contributed by atoms with Gasteiger partial charge in [-0.2, -0.15) is 0 Å². The van der Waals surface area contributed by atoms with Gasteiger partial charge in [-0.1, -0.05) is 23.8 Å². The molecule has 0 saturated carbocycles. The number of nitrogens with one attached hydrogen (secondary N) is 1. The molecule has 0 aliphatic heterocycles. The molecular weight excluding hydrogens is 414 g/mol. The van der Waals surface area contributed by atoms with E-state index in [0.29, 0.717) is 22.5 Å². The highest BCUT2D eigenvalue weighted by Gasteiger charge is 2.21. The molecule has 3 aromatic heterocycles. The summed E-state index contributed by atoms with van der Waals surface area (Å²) in [5.74, 6) is -0.00244. The molecule has 1 atom stereocenters. The Morgan fingerprint density at radius 1 is 1.10 bits per heavy atom. The second kappa shape index (κ2) is 7.84. The highest BCUT2D eigenvalue weighted by molar-refractivity contribution is 7.90. The number of rotatable bonds is 6. The van der Waals surface area contributed by atoms with Gasteiger partial charge in [0.05, 0.1) is 10.6 Å². The van der Waals surface area contributed by atoms with Gasteiger partial charge in [0.2, 0.25) is 5.91 Å². The van der Waals surface area contributed by atoms with Crippen molar-refractivity contribution in [1.82, 2.24) is 13.9 Å². The number of carbonyl (C=O) groups is 1. The monoisotopic (exact) mass is 435 g/mol. The molecule has 0 spiro atoms. The molecule has 0 saturated heterocycles. The second-order valence-electron chi connectivity index (χ2n) is 7.20. The molecule has 31 heavy (non-hydrogen) atoms. The zero-order chi connectivity index (χ0) is 22.2. The maximum atomic E-state index is 13.2. The molecule has 0 radical (unpaired) electrons. The Labute approximate surface area is 179 Å². The van der Waals surface area contributed by atoms with Gasteiger partial charge in [0, 0.05) is 23.3 Å². The minimum absolute atomic E-state index is 0.188. The van der Waals surface area contributed by atoms with E-state index in [2.05, 4.69) is 15.3 Å². The molecule has 3 heterocycles. The van der Waals surface area contributed by atoms with Crippen LogP contribution in [0.25, 0.3) is 22.3 Å². The summed E-state index contributed by atoms with van der Waals surface area (Å²) >= 11 is 0. The first-order valence-corrected chi connectivity index (χ1v) is 11.0. The smallest absolute Gasteiger partial charge is 0.269 e. The van der Waals surface area contributed by atoms with E-state index in [4.69, 9.17) is 5.73 Å². The van der Waals surface area contributed by atoms with Crippen molar-refractivity contribution >= 4 is 32.8 Å². The van der Waals surface area contributed by atoms with Crippen LogP contribution in [0.1, 0.15) is 12.5 Å². The number of aryl methyl sites for hydroxylation is 1. The highest BCUT2D eigenvalue weighted by Crippen LogP contribution is 2.29. The van der Waals surface area contributed by atoms with Crippen molar-refractivity contribution in [2.24, 2.45) is 5.73 Å². The Morgan fingerprint density at radius 3 is 2.55 bits per heavy atom. The van der Waals surface area contributed by atoms with Gasteiger partial charge < -0.3 is 11.1 Å². The van der Waals surface area contributed by atoms with Crippen molar-refractivity contribution in [1.29, 1.82) is 0 Å². The molecule has 9 heteroatoms. The van der Waals surface area contributed by atoms with Crippen LogP contribution in [0, 0.1) is 6.92 Å². The first-order chi connectivity index (χ1) is 14.8. The number of carbonyl (C=O) groups excluding carboxylic acids is 1. The Hall–Kier alpha value is -3.72. The van der Waals surface area contributed by atoms with Gasteiger partial charge in [0.15, 0.2) is 5.65 Å². The summed E-state index contributed by atoms with van der Waals surface area (Å²) in [5.41, 5.74) is 7.92. The second-order valence-corrected chi connectivity index (χ2v) is 9.02. The first kappa shape index (κ1) is 20.5. The summed E-state index contributed by atoms with van der Waals surface area (Å²) in [4.78, 5) is 20.4. The summed E-state index contributed by atoms with van der Waals surface area (Å²) in [7, 11) is -3.80. The predicted octanol–water partition coefficient (Wildman–Crippen LogP) is 2.93. The van der Waals surface area contributed by atoms with Crippen LogP contribution in [0.5, 0.6) is 0 Å². The number of hydrogen-bond donors (Lipinski definition) is 2. The summed E-state index contributed by atoms with van der Waals surface area (Å²) < 4.78 is 27.5. The number of nitrogens with zero attached hydrogens (tertiary/aromatic N) is 3. The minimum atomic E-state index is -3.80. The van der Waals surface area contributed by atoms with E-state index in [-0.39, 0.29) is 4.90 Å². The normalized spacial score (nSPS) is 12.6. The maximum Gasteiger partial charge on any atom is 0.269 e. The fraction of sp³-hybridized carbons (Fsp3) is 0.136.